The molecule has 1 aliphatic heterocycles. The third-order valence-electron chi connectivity index (χ3n) is 1.98. The van der Waals surface area contributed by atoms with Crippen LogP contribution in [0, 0.1) is 5.82 Å². The minimum Gasteiger partial charge on any atom is -0.283 e. The lowest BCUT2D eigenvalue weighted by Gasteiger charge is -2.10. The quantitative estimate of drug-likeness (QED) is 0.523. The number of amides is 1. The van der Waals surface area contributed by atoms with Crippen molar-refractivity contribution < 1.29 is 14.0 Å². The number of ketones is 1. The number of carbonyl (C=O) groups excluding carboxylic acids is 2. The summed E-state index contributed by atoms with van der Waals surface area (Å²) < 4.78 is 14.1. The van der Waals surface area contributed by atoms with Gasteiger partial charge >= 0.3 is 5.91 Å². The molecule has 0 aromatic heterocycles. The van der Waals surface area contributed by atoms with Crippen LogP contribution in [-0.4, -0.2) is 17.9 Å². The standard InChI is InChI=1S/C9H6FNO2S/c1-14-11-7-3-2-5(10)4-6(7)8(12)9(11)13/h2-4H,1H3. The highest BCUT2D eigenvalue weighted by Gasteiger charge is 2.35. The summed E-state index contributed by atoms with van der Waals surface area (Å²) in [6, 6.07) is 3.75. The minimum absolute atomic E-state index is 0.143. The van der Waals surface area contributed by atoms with Crippen LogP contribution in [0.5, 0.6) is 0 Å². The first-order chi connectivity index (χ1) is 6.65. The normalized spacial score (nSPS) is 14.9. The van der Waals surface area contributed by atoms with Crippen LogP contribution in [0.15, 0.2) is 18.2 Å². The number of hydrogen-bond donors (Lipinski definition) is 0. The van der Waals surface area contributed by atoms with Gasteiger partial charge in [-0.05, 0) is 30.1 Å². The maximum Gasteiger partial charge on any atom is 0.309 e. The van der Waals surface area contributed by atoms with Gasteiger partial charge in [0.05, 0.1) is 11.3 Å². The van der Waals surface area contributed by atoms with E-state index in [1.165, 1.54) is 16.4 Å². The van der Waals surface area contributed by atoms with E-state index in [0.29, 0.717) is 5.69 Å². The molecule has 1 aromatic carbocycles. The van der Waals surface area contributed by atoms with Gasteiger partial charge < -0.3 is 0 Å². The molecule has 0 bridgehead atoms. The fourth-order valence-electron chi connectivity index (χ4n) is 1.37. The van der Waals surface area contributed by atoms with E-state index < -0.39 is 17.5 Å². The lowest BCUT2D eigenvalue weighted by molar-refractivity contribution is -0.113. The first-order valence-corrected chi connectivity index (χ1v) is 5.05. The van der Waals surface area contributed by atoms with E-state index in [4.69, 9.17) is 0 Å². The summed E-state index contributed by atoms with van der Waals surface area (Å²) in [6.07, 6.45) is 1.68. The zero-order valence-corrected chi connectivity index (χ0v) is 8.10. The Bertz CT molecular complexity index is 433. The molecular weight excluding hydrogens is 205 g/mol. The molecule has 0 spiro atoms. The van der Waals surface area contributed by atoms with Crippen molar-refractivity contribution in [2.75, 3.05) is 10.6 Å². The van der Waals surface area contributed by atoms with Crippen molar-refractivity contribution in [3.63, 3.8) is 0 Å². The molecule has 5 heteroatoms. The summed E-state index contributed by atoms with van der Waals surface area (Å²) in [5.74, 6) is -1.76. The highest BCUT2D eigenvalue weighted by molar-refractivity contribution is 8.00. The Balaban J connectivity index is 2.61. The third-order valence-corrected chi connectivity index (χ3v) is 2.71. The number of hydrogen-bond acceptors (Lipinski definition) is 3. The summed E-state index contributed by atoms with van der Waals surface area (Å²) in [4.78, 5) is 22.7. The molecule has 0 fully saturated rings. The van der Waals surface area contributed by atoms with Crippen LogP contribution in [-0.2, 0) is 4.79 Å². The van der Waals surface area contributed by atoms with Crippen LogP contribution in [0.3, 0.4) is 0 Å². The van der Waals surface area contributed by atoms with E-state index in [1.807, 2.05) is 0 Å². The van der Waals surface area contributed by atoms with E-state index >= 15 is 0 Å². The number of Topliss-reactive ketones (excluding diaryl/α,β-unsaturated/α-hetero) is 1. The summed E-state index contributed by atoms with van der Waals surface area (Å²) in [5, 5.41) is 0. The lowest BCUT2D eigenvalue weighted by Crippen LogP contribution is -2.22. The van der Waals surface area contributed by atoms with Crippen LogP contribution >= 0.6 is 11.9 Å². The van der Waals surface area contributed by atoms with Gasteiger partial charge in [0.2, 0.25) is 0 Å². The van der Waals surface area contributed by atoms with E-state index in [2.05, 4.69) is 0 Å². The fraction of sp³-hybridized carbons (Fsp3) is 0.111. The Hall–Kier alpha value is -1.36. The average Bonchev–Trinajstić information content (AvgIpc) is 2.41. The van der Waals surface area contributed by atoms with Gasteiger partial charge in [-0.1, -0.05) is 0 Å². The highest BCUT2D eigenvalue weighted by atomic mass is 32.2. The van der Waals surface area contributed by atoms with Crippen LogP contribution in [0.2, 0.25) is 0 Å². The SMILES string of the molecule is CSN1C(=O)C(=O)c2cc(F)ccc21. The number of rotatable bonds is 1. The van der Waals surface area contributed by atoms with Gasteiger partial charge in [0.1, 0.15) is 5.82 Å². The minimum atomic E-state index is -0.645. The molecule has 72 valence electrons. The second-order valence-corrected chi connectivity index (χ2v) is 3.50. The highest BCUT2D eigenvalue weighted by Crippen LogP contribution is 2.33. The zero-order valence-electron chi connectivity index (χ0n) is 7.28. The molecule has 0 radical (unpaired) electrons. The Morgan fingerprint density at radius 2 is 2.07 bits per heavy atom. The van der Waals surface area contributed by atoms with E-state index in [0.717, 1.165) is 18.0 Å². The lowest BCUT2D eigenvalue weighted by atomic mass is 10.1. The van der Waals surface area contributed by atoms with Gasteiger partial charge in [0.15, 0.2) is 0 Å². The van der Waals surface area contributed by atoms with Gasteiger partial charge in [-0.2, -0.15) is 0 Å². The maximum absolute atomic E-state index is 12.8. The van der Waals surface area contributed by atoms with Crippen molar-refractivity contribution in [1.29, 1.82) is 0 Å². The van der Waals surface area contributed by atoms with Crippen LogP contribution in [0.25, 0.3) is 0 Å². The molecule has 0 unspecified atom stereocenters. The summed E-state index contributed by atoms with van der Waals surface area (Å²) in [6.45, 7) is 0. The molecule has 0 saturated carbocycles. The Morgan fingerprint density at radius 1 is 1.36 bits per heavy atom. The summed E-state index contributed by atoms with van der Waals surface area (Å²) in [7, 11) is 0. The molecule has 0 atom stereocenters. The van der Waals surface area contributed by atoms with Gasteiger partial charge in [0.25, 0.3) is 5.78 Å². The number of carbonyl (C=O) groups is 2. The van der Waals surface area contributed by atoms with Crippen molar-refractivity contribution in [3.8, 4) is 0 Å². The third kappa shape index (κ3) is 1.13. The van der Waals surface area contributed by atoms with Crippen molar-refractivity contribution >= 4 is 29.3 Å². The Labute approximate surface area is 84.0 Å². The number of fused-ring (bicyclic) bond motifs is 1. The van der Waals surface area contributed by atoms with Crippen molar-refractivity contribution in [2.45, 2.75) is 0 Å². The molecule has 0 aliphatic carbocycles. The number of halogens is 1. The Kier molecular flexibility index (Phi) is 2.03. The average molecular weight is 211 g/mol. The van der Waals surface area contributed by atoms with Crippen LogP contribution < -0.4 is 4.31 Å². The topological polar surface area (TPSA) is 37.4 Å². The monoisotopic (exact) mass is 211 g/mol. The molecule has 3 nitrogen and oxygen atoms in total. The Morgan fingerprint density at radius 3 is 2.71 bits per heavy atom. The molecule has 1 aliphatic rings. The zero-order chi connectivity index (χ0) is 10.3. The van der Waals surface area contributed by atoms with Crippen molar-refractivity contribution in [2.24, 2.45) is 0 Å². The largest absolute Gasteiger partial charge is 0.309 e. The van der Waals surface area contributed by atoms with Gasteiger partial charge in [0, 0.05) is 6.26 Å². The molecule has 2 rings (SSSR count). The summed E-state index contributed by atoms with van der Waals surface area (Å²) in [5.41, 5.74) is 0.609. The van der Waals surface area contributed by atoms with E-state index in [1.54, 1.807) is 6.26 Å². The van der Waals surface area contributed by atoms with Crippen molar-refractivity contribution in [3.05, 3.63) is 29.6 Å². The number of nitrogens with zero attached hydrogens (tertiary/aromatic N) is 1. The molecular formula is C9H6FNO2S. The molecule has 1 heterocycles. The first kappa shape index (κ1) is 9.21. The molecule has 1 amide bonds. The molecule has 14 heavy (non-hydrogen) atoms. The van der Waals surface area contributed by atoms with Gasteiger partial charge in [-0.25, -0.2) is 8.70 Å². The van der Waals surface area contributed by atoms with E-state index in [-0.39, 0.29) is 5.56 Å². The van der Waals surface area contributed by atoms with Gasteiger partial charge in [-0.15, -0.1) is 0 Å². The predicted molar refractivity (Wildman–Crippen MR) is 51.7 cm³/mol. The van der Waals surface area contributed by atoms with Crippen LogP contribution in [0.1, 0.15) is 10.4 Å². The first-order valence-electron chi connectivity index (χ1n) is 3.87. The van der Waals surface area contributed by atoms with E-state index in [9.17, 15) is 14.0 Å². The maximum atomic E-state index is 12.8. The second kappa shape index (κ2) is 3.09. The fourth-order valence-corrected chi connectivity index (χ4v) is 1.97. The number of anilines is 1. The predicted octanol–water partition coefficient (Wildman–Crippen LogP) is 1.63. The smallest absolute Gasteiger partial charge is 0.283 e. The van der Waals surface area contributed by atoms with Gasteiger partial charge in [-0.3, -0.25) is 9.59 Å². The molecule has 1 aromatic rings. The van der Waals surface area contributed by atoms with Crippen molar-refractivity contribution in [1.82, 2.24) is 0 Å². The molecule has 0 saturated heterocycles. The van der Waals surface area contributed by atoms with Crippen LogP contribution in [0.4, 0.5) is 10.1 Å². The second-order valence-electron chi connectivity index (χ2n) is 2.77. The number of benzene rings is 1. The summed E-state index contributed by atoms with van der Waals surface area (Å²) >= 11 is 1.13. The molecule has 0 N–H and O–H groups in total.